The van der Waals surface area contributed by atoms with Crippen molar-refractivity contribution < 1.29 is 23.5 Å². The number of carbonyl (C=O) groups excluding carboxylic acids is 2. The molecule has 7 nitrogen and oxygen atoms in total. The highest BCUT2D eigenvalue weighted by Gasteiger charge is 2.36. The van der Waals surface area contributed by atoms with Crippen LogP contribution in [0.1, 0.15) is 38.7 Å². The van der Waals surface area contributed by atoms with Crippen LogP contribution < -0.4 is 0 Å². The fourth-order valence-corrected chi connectivity index (χ4v) is 4.95. The monoisotopic (exact) mass is 449 g/mol. The van der Waals surface area contributed by atoms with Crippen LogP contribution in [0.3, 0.4) is 0 Å². The Labute approximate surface area is 191 Å². The topological polar surface area (TPSA) is 63.4 Å². The second-order valence-corrected chi connectivity index (χ2v) is 8.78. The first kappa shape index (κ1) is 21.6. The Balaban J connectivity index is 1.21. The lowest BCUT2D eigenvalue weighted by atomic mass is 9.98. The number of morpholine rings is 1. The standard InChI is InChI=1S/C25H24FN3O4/c1-15-19(5-6-21(26)24(15)27-2)22-12-28-7-8-29(11-18(28)14-32-22)23(30)10-16-3-4-20-17(9-16)13-33-25(20)31/h3-6,9,18,22H,7-8,10-14H2,1H3/t18-,22+/m0/s1. The molecule has 0 bridgehead atoms. The van der Waals surface area contributed by atoms with E-state index < -0.39 is 5.82 Å². The van der Waals surface area contributed by atoms with E-state index in [1.54, 1.807) is 19.1 Å². The Bertz CT molecular complexity index is 1170. The second-order valence-electron chi connectivity index (χ2n) is 8.78. The highest BCUT2D eigenvalue weighted by molar-refractivity contribution is 5.93. The molecule has 2 aromatic carbocycles. The number of hydrogen-bond acceptors (Lipinski definition) is 5. The van der Waals surface area contributed by atoms with Crippen molar-refractivity contribution in [2.24, 2.45) is 0 Å². The third-order valence-electron chi connectivity index (χ3n) is 6.83. The number of carbonyl (C=O) groups is 2. The van der Waals surface area contributed by atoms with E-state index in [4.69, 9.17) is 16.0 Å². The minimum absolute atomic E-state index is 0.0520. The second kappa shape index (κ2) is 8.58. The molecule has 3 aliphatic rings. The molecule has 0 spiro atoms. The zero-order valence-corrected chi connectivity index (χ0v) is 18.3. The fourth-order valence-electron chi connectivity index (χ4n) is 4.95. The number of hydrogen-bond donors (Lipinski definition) is 0. The molecule has 1 amide bonds. The van der Waals surface area contributed by atoms with E-state index in [-0.39, 0.29) is 42.7 Å². The van der Waals surface area contributed by atoms with Gasteiger partial charge in [0.25, 0.3) is 0 Å². The molecule has 3 heterocycles. The zero-order valence-electron chi connectivity index (χ0n) is 18.3. The van der Waals surface area contributed by atoms with Crippen molar-refractivity contribution in [3.05, 3.63) is 75.4 Å². The lowest BCUT2D eigenvalue weighted by Crippen LogP contribution is -2.59. The quantitative estimate of drug-likeness (QED) is 0.532. The molecular weight excluding hydrogens is 425 g/mol. The third kappa shape index (κ3) is 3.99. The fraction of sp³-hybridized carbons (Fsp3) is 0.400. The van der Waals surface area contributed by atoms with Crippen molar-refractivity contribution in [2.45, 2.75) is 32.1 Å². The Morgan fingerprint density at radius 1 is 1.24 bits per heavy atom. The molecule has 170 valence electrons. The molecule has 2 saturated heterocycles. The van der Waals surface area contributed by atoms with Crippen molar-refractivity contribution in [3.63, 3.8) is 0 Å². The predicted molar refractivity (Wildman–Crippen MR) is 117 cm³/mol. The average Bonchev–Trinajstić information content (AvgIpc) is 3.18. The van der Waals surface area contributed by atoms with Crippen LogP contribution in [0.15, 0.2) is 30.3 Å². The van der Waals surface area contributed by atoms with Gasteiger partial charge in [-0.05, 0) is 35.7 Å². The molecule has 2 atom stereocenters. The summed E-state index contributed by atoms with van der Waals surface area (Å²) in [5, 5.41) is 0. The third-order valence-corrected chi connectivity index (χ3v) is 6.83. The van der Waals surface area contributed by atoms with Gasteiger partial charge in [-0.25, -0.2) is 14.0 Å². The van der Waals surface area contributed by atoms with Crippen LogP contribution in [0.2, 0.25) is 0 Å². The van der Waals surface area contributed by atoms with E-state index >= 15 is 0 Å². The number of benzene rings is 2. The van der Waals surface area contributed by atoms with Gasteiger partial charge < -0.3 is 14.4 Å². The molecule has 0 saturated carbocycles. The van der Waals surface area contributed by atoms with E-state index in [0.29, 0.717) is 37.4 Å². The molecule has 0 radical (unpaired) electrons. The molecule has 3 aliphatic heterocycles. The molecular formula is C25H24FN3O4. The average molecular weight is 449 g/mol. The maximum absolute atomic E-state index is 13.9. The molecule has 0 N–H and O–H groups in total. The maximum atomic E-state index is 13.9. The first-order chi connectivity index (χ1) is 15.9. The van der Waals surface area contributed by atoms with Crippen molar-refractivity contribution in [1.82, 2.24) is 9.80 Å². The van der Waals surface area contributed by atoms with E-state index in [9.17, 15) is 14.0 Å². The first-order valence-electron chi connectivity index (χ1n) is 11.0. The van der Waals surface area contributed by atoms with E-state index in [1.165, 1.54) is 6.07 Å². The number of rotatable bonds is 3. The lowest BCUT2D eigenvalue weighted by molar-refractivity contribution is -0.139. The summed E-state index contributed by atoms with van der Waals surface area (Å²) in [6.07, 6.45) is 0.0622. The van der Waals surface area contributed by atoms with Crippen LogP contribution in [-0.4, -0.2) is 60.5 Å². The van der Waals surface area contributed by atoms with Gasteiger partial charge in [0.15, 0.2) is 0 Å². The van der Waals surface area contributed by atoms with Crippen LogP contribution in [0.4, 0.5) is 10.1 Å². The zero-order chi connectivity index (χ0) is 23.1. The van der Waals surface area contributed by atoms with Gasteiger partial charge in [-0.2, -0.15) is 0 Å². The van der Waals surface area contributed by atoms with Crippen LogP contribution >= 0.6 is 0 Å². The van der Waals surface area contributed by atoms with Crippen LogP contribution in [-0.2, 0) is 27.3 Å². The smallest absolute Gasteiger partial charge is 0.338 e. The van der Waals surface area contributed by atoms with E-state index in [1.807, 2.05) is 17.0 Å². The Morgan fingerprint density at radius 3 is 2.91 bits per heavy atom. The highest BCUT2D eigenvalue weighted by Crippen LogP contribution is 2.34. The summed E-state index contributed by atoms with van der Waals surface area (Å²) < 4.78 is 25.0. The van der Waals surface area contributed by atoms with E-state index in [2.05, 4.69) is 9.74 Å². The van der Waals surface area contributed by atoms with Gasteiger partial charge in [-0.15, -0.1) is 0 Å². The van der Waals surface area contributed by atoms with Gasteiger partial charge in [0.05, 0.1) is 37.3 Å². The minimum Gasteiger partial charge on any atom is -0.457 e. The molecule has 0 aliphatic carbocycles. The SMILES string of the molecule is [C-]#[N+]c1c(F)ccc([C@H]2CN3CCN(C(=O)Cc4ccc5c(c4)COC5=O)C[C@H]3CO2)c1C. The predicted octanol–water partition coefficient (Wildman–Crippen LogP) is 3.18. The summed E-state index contributed by atoms with van der Waals surface area (Å²) >= 11 is 0. The number of piperazine rings is 1. The van der Waals surface area contributed by atoms with Crippen molar-refractivity contribution in [3.8, 4) is 0 Å². The largest absolute Gasteiger partial charge is 0.457 e. The number of halogens is 1. The summed E-state index contributed by atoms with van der Waals surface area (Å²) in [4.78, 5) is 32.1. The summed E-state index contributed by atoms with van der Waals surface area (Å²) in [6.45, 7) is 12.3. The van der Waals surface area contributed by atoms with Crippen LogP contribution in [0.5, 0.6) is 0 Å². The molecule has 5 rings (SSSR count). The van der Waals surface area contributed by atoms with Crippen molar-refractivity contribution >= 4 is 17.6 Å². The van der Waals surface area contributed by atoms with Gasteiger partial charge in [0.2, 0.25) is 11.6 Å². The highest BCUT2D eigenvalue weighted by atomic mass is 19.1. The number of cyclic esters (lactones) is 1. The summed E-state index contributed by atoms with van der Waals surface area (Å²) in [6, 6.07) is 8.58. The van der Waals surface area contributed by atoms with Gasteiger partial charge in [0.1, 0.15) is 12.4 Å². The summed E-state index contributed by atoms with van der Waals surface area (Å²) in [5.41, 5.74) is 3.81. The summed E-state index contributed by atoms with van der Waals surface area (Å²) in [5.74, 6) is -0.761. The Kier molecular flexibility index (Phi) is 5.60. The van der Waals surface area contributed by atoms with Crippen molar-refractivity contribution in [1.29, 1.82) is 0 Å². The van der Waals surface area contributed by atoms with Crippen LogP contribution in [0.25, 0.3) is 4.85 Å². The number of ether oxygens (including phenoxy) is 2. The molecule has 0 aromatic heterocycles. The molecule has 33 heavy (non-hydrogen) atoms. The number of nitrogens with zero attached hydrogens (tertiary/aromatic N) is 3. The molecule has 2 fully saturated rings. The van der Waals surface area contributed by atoms with Crippen molar-refractivity contribution in [2.75, 3.05) is 32.8 Å². The number of amides is 1. The number of fused-ring (bicyclic) bond motifs is 2. The van der Waals surface area contributed by atoms with E-state index in [0.717, 1.165) is 23.2 Å². The summed E-state index contributed by atoms with van der Waals surface area (Å²) in [7, 11) is 0. The minimum atomic E-state index is -0.505. The van der Waals surface area contributed by atoms with Crippen LogP contribution in [0, 0.1) is 19.3 Å². The van der Waals surface area contributed by atoms with Gasteiger partial charge in [-0.1, -0.05) is 18.2 Å². The van der Waals surface area contributed by atoms with Gasteiger partial charge in [0, 0.05) is 31.7 Å². The molecule has 8 heteroatoms. The van der Waals surface area contributed by atoms with Gasteiger partial charge >= 0.3 is 5.97 Å². The Hall–Kier alpha value is -3.28. The Morgan fingerprint density at radius 2 is 2.09 bits per heavy atom. The normalized spacial score (nSPS) is 22.3. The maximum Gasteiger partial charge on any atom is 0.338 e. The molecule has 2 aromatic rings. The van der Waals surface area contributed by atoms with Gasteiger partial charge in [-0.3, -0.25) is 9.69 Å². The lowest BCUT2D eigenvalue weighted by Gasteiger charge is -2.46. The number of esters is 1. The molecule has 0 unspecified atom stereocenters. The first-order valence-corrected chi connectivity index (χ1v) is 11.0.